The summed E-state index contributed by atoms with van der Waals surface area (Å²) < 4.78 is 41.3. The van der Waals surface area contributed by atoms with Crippen LogP contribution in [0.3, 0.4) is 0 Å². The third-order valence-corrected chi connectivity index (χ3v) is 7.55. The van der Waals surface area contributed by atoms with Gasteiger partial charge in [-0.25, -0.2) is 0 Å². The van der Waals surface area contributed by atoms with Crippen molar-refractivity contribution in [2.75, 3.05) is 19.7 Å². The van der Waals surface area contributed by atoms with Gasteiger partial charge in [-0.05, 0) is 50.0 Å². The summed E-state index contributed by atoms with van der Waals surface area (Å²) in [5, 5.41) is 16.2. The number of ether oxygens (including phenoxy) is 1. The van der Waals surface area contributed by atoms with Crippen molar-refractivity contribution >= 4 is 23.5 Å². The van der Waals surface area contributed by atoms with Gasteiger partial charge in [0.25, 0.3) is 5.91 Å². The summed E-state index contributed by atoms with van der Waals surface area (Å²) in [6, 6.07) is 5.83. The molecule has 2 saturated heterocycles. The van der Waals surface area contributed by atoms with E-state index in [0.717, 1.165) is 12.8 Å². The molecule has 0 bridgehead atoms. The summed E-state index contributed by atoms with van der Waals surface area (Å²) in [5.41, 5.74) is -1.84. The van der Waals surface area contributed by atoms with Crippen molar-refractivity contribution in [3.05, 3.63) is 35.9 Å². The van der Waals surface area contributed by atoms with Gasteiger partial charge in [-0.15, -0.1) is 13.2 Å². The minimum absolute atomic E-state index is 0.189. The predicted molar refractivity (Wildman–Crippen MR) is 122 cm³/mol. The minimum Gasteiger partial charge on any atom is -0.376 e. The smallest absolute Gasteiger partial charge is 0.376 e. The molecule has 4 atom stereocenters. The molecular weight excluding hydrogens is 495 g/mol. The first kappa shape index (κ1) is 27.1. The van der Waals surface area contributed by atoms with Crippen molar-refractivity contribution in [1.82, 2.24) is 15.5 Å². The summed E-state index contributed by atoms with van der Waals surface area (Å²) >= 11 is 0. The third kappa shape index (κ3) is 6.12. The molecule has 4 rings (SSSR count). The van der Waals surface area contributed by atoms with Gasteiger partial charge in [-0.2, -0.15) is 0 Å². The molecule has 3 aliphatic rings. The molecule has 0 aromatic heterocycles. The SMILES string of the molecule is C[C@@](O)(C(=O)N1CC2(CC2)C[C@H]1C(=O)N[C@@H](C[C@@H]1CCNC1=O)C(=O)COC(F)(F)F)c1ccccc1. The monoisotopic (exact) mass is 525 g/mol. The van der Waals surface area contributed by atoms with Crippen LogP contribution in [0.5, 0.6) is 0 Å². The van der Waals surface area contributed by atoms with E-state index in [2.05, 4.69) is 15.4 Å². The first-order chi connectivity index (χ1) is 17.3. The highest BCUT2D eigenvalue weighted by molar-refractivity contribution is 5.96. The number of carbonyl (C=O) groups excluding carboxylic acids is 4. The van der Waals surface area contributed by atoms with E-state index in [1.807, 2.05) is 0 Å². The van der Waals surface area contributed by atoms with Crippen molar-refractivity contribution in [2.45, 2.75) is 63.1 Å². The average molecular weight is 526 g/mol. The van der Waals surface area contributed by atoms with E-state index in [1.54, 1.807) is 30.3 Å². The zero-order chi connectivity index (χ0) is 27.0. The van der Waals surface area contributed by atoms with E-state index >= 15 is 0 Å². The van der Waals surface area contributed by atoms with E-state index in [9.17, 15) is 37.5 Å². The Morgan fingerprint density at radius 1 is 1.24 bits per heavy atom. The highest BCUT2D eigenvalue weighted by atomic mass is 19.4. The third-order valence-electron chi connectivity index (χ3n) is 7.55. The van der Waals surface area contributed by atoms with Crippen molar-refractivity contribution in [3.63, 3.8) is 0 Å². The molecule has 202 valence electrons. The largest absolute Gasteiger partial charge is 0.522 e. The van der Waals surface area contributed by atoms with E-state index in [0.29, 0.717) is 24.9 Å². The molecule has 1 spiro atoms. The van der Waals surface area contributed by atoms with Crippen molar-refractivity contribution < 1.29 is 42.2 Å². The number of hydrogen-bond acceptors (Lipinski definition) is 6. The quantitative estimate of drug-likeness (QED) is 0.448. The lowest BCUT2D eigenvalue weighted by Crippen LogP contribution is -2.55. The number of nitrogens with one attached hydrogen (secondary N) is 2. The highest BCUT2D eigenvalue weighted by Crippen LogP contribution is 2.55. The Kier molecular flexibility index (Phi) is 7.35. The summed E-state index contributed by atoms with van der Waals surface area (Å²) in [6.45, 7) is 0.632. The zero-order valence-corrected chi connectivity index (χ0v) is 20.3. The Morgan fingerprint density at radius 2 is 1.92 bits per heavy atom. The standard InChI is InChI=1S/C25H30F3N3O6/c1-23(36,16-5-3-2-4-6-16)22(35)31-14-24(8-9-24)12-18(31)21(34)30-17(11-15-7-10-29-20(15)33)19(32)13-37-25(26,27)28/h2-6,15,17-18,36H,7-14H2,1H3,(H,29,33)(H,30,34)/t15-,17-,18-,23-/m0/s1. The molecule has 2 aliphatic heterocycles. The lowest BCUT2D eigenvalue weighted by Gasteiger charge is -2.32. The van der Waals surface area contributed by atoms with Gasteiger partial charge >= 0.3 is 6.36 Å². The predicted octanol–water partition coefficient (Wildman–Crippen LogP) is 1.39. The molecule has 3 fully saturated rings. The molecule has 1 aromatic carbocycles. The molecule has 1 aliphatic carbocycles. The number of rotatable bonds is 9. The number of Topliss-reactive ketones (excluding diaryl/α,β-unsaturated/α-hetero) is 1. The zero-order valence-electron chi connectivity index (χ0n) is 20.3. The summed E-state index contributed by atoms with van der Waals surface area (Å²) in [6.07, 6.45) is -2.97. The normalized spacial score (nSPS) is 24.9. The van der Waals surface area contributed by atoms with E-state index in [4.69, 9.17) is 0 Å². The van der Waals surface area contributed by atoms with Gasteiger partial charge in [0.1, 0.15) is 12.6 Å². The number of carbonyl (C=O) groups is 4. The van der Waals surface area contributed by atoms with Crippen LogP contribution in [0, 0.1) is 11.3 Å². The van der Waals surface area contributed by atoms with Crippen LogP contribution < -0.4 is 10.6 Å². The average Bonchev–Trinajstić information content (AvgIpc) is 3.31. The molecule has 0 radical (unpaired) electrons. The molecule has 9 nitrogen and oxygen atoms in total. The maximum absolute atomic E-state index is 13.5. The van der Waals surface area contributed by atoms with E-state index in [1.165, 1.54) is 11.8 Å². The number of ketones is 1. The van der Waals surface area contributed by atoms with Gasteiger partial charge in [-0.3, -0.25) is 23.9 Å². The maximum atomic E-state index is 13.5. The topological polar surface area (TPSA) is 125 Å². The second kappa shape index (κ2) is 10.1. The summed E-state index contributed by atoms with van der Waals surface area (Å²) in [7, 11) is 0. The Bertz CT molecular complexity index is 1060. The molecule has 0 unspecified atom stereocenters. The number of halogens is 3. The number of nitrogens with zero attached hydrogens (tertiary/aromatic N) is 1. The Hall–Kier alpha value is -2.99. The van der Waals surface area contributed by atoms with Gasteiger partial charge < -0.3 is 20.6 Å². The molecule has 3 N–H and O–H groups in total. The fourth-order valence-electron chi connectivity index (χ4n) is 5.16. The second-order valence-electron chi connectivity index (χ2n) is 10.4. The highest BCUT2D eigenvalue weighted by Gasteiger charge is 2.57. The van der Waals surface area contributed by atoms with E-state index < -0.39 is 54.2 Å². The number of alkyl halides is 3. The molecule has 2 heterocycles. The molecule has 37 heavy (non-hydrogen) atoms. The van der Waals surface area contributed by atoms with E-state index in [-0.39, 0.29) is 24.3 Å². The number of aliphatic hydroxyl groups is 1. The van der Waals surface area contributed by atoms with Crippen LogP contribution in [0.1, 0.15) is 44.6 Å². The number of amides is 3. The van der Waals surface area contributed by atoms with Crippen LogP contribution in [0.4, 0.5) is 13.2 Å². The Labute approximate surface area is 211 Å². The van der Waals surface area contributed by atoms with Crippen LogP contribution in [0.2, 0.25) is 0 Å². The molecule has 1 aromatic rings. The van der Waals surface area contributed by atoms with Gasteiger partial charge in [0, 0.05) is 19.0 Å². The van der Waals surface area contributed by atoms with Gasteiger partial charge in [0.05, 0.1) is 6.04 Å². The molecule has 3 amide bonds. The van der Waals surface area contributed by atoms with Gasteiger partial charge in [0.2, 0.25) is 11.8 Å². The first-order valence-electron chi connectivity index (χ1n) is 12.2. The second-order valence-corrected chi connectivity index (χ2v) is 10.4. The molecule has 12 heteroatoms. The Balaban J connectivity index is 1.52. The van der Waals surface area contributed by atoms with Gasteiger partial charge in [-0.1, -0.05) is 30.3 Å². The van der Waals surface area contributed by atoms with Crippen LogP contribution in [-0.4, -0.2) is 71.7 Å². The molecular formula is C25H30F3N3O6. The van der Waals surface area contributed by atoms with Crippen LogP contribution in [0.15, 0.2) is 30.3 Å². The lowest BCUT2D eigenvalue weighted by atomic mass is 9.93. The van der Waals surface area contributed by atoms with Crippen LogP contribution in [0.25, 0.3) is 0 Å². The lowest BCUT2D eigenvalue weighted by molar-refractivity contribution is -0.321. The van der Waals surface area contributed by atoms with Crippen LogP contribution >= 0.6 is 0 Å². The summed E-state index contributed by atoms with van der Waals surface area (Å²) in [4.78, 5) is 52.9. The Morgan fingerprint density at radius 3 is 2.49 bits per heavy atom. The fraction of sp³-hybridized carbons (Fsp3) is 0.600. The first-order valence-corrected chi connectivity index (χ1v) is 12.2. The van der Waals surface area contributed by atoms with Gasteiger partial charge in [0.15, 0.2) is 11.4 Å². The number of hydrogen-bond donors (Lipinski definition) is 3. The van der Waals surface area contributed by atoms with Crippen molar-refractivity contribution in [2.24, 2.45) is 11.3 Å². The fourth-order valence-corrected chi connectivity index (χ4v) is 5.16. The van der Waals surface area contributed by atoms with Crippen molar-refractivity contribution in [3.8, 4) is 0 Å². The van der Waals surface area contributed by atoms with Crippen molar-refractivity contribution in [1.29, 1.82) is 0 Å². The summed E-state index contributed by atoms with van der Waals surface area (Å²) in [5.74, 6) is -3.43. The number of likely N-dealkylation sites (tertiary alicyclic amines) is 1. The minimum atomic E-state index is -5.04. The van der Waals surface area contributed by atoms with Crippen LogP contribution in [-0.2, 0) is 29.5 Å². The number of benzene rings is 1. The maximum Gasteiger partial charge on any atom is 0.522 e. The molecule has 1 saturated carbocycles.